The van der Waals surface area contributed by atoms with Crippen LogP contribution in [0.3, 0.4) is 0 Å². The molecule has 0 radical (unpaired) electrons. The maximum atomic E-state index is 13.8. The number of nitrogens with one attached hydrogen (secondary N) is 1. The van der Waals surface area contributed by atoms with Crippen molar-refractivity contribution in [2.45, 2.75) is 25.8 Å². The molecule has 27 heavy (non-hydrogen) atoms. The Balaban J connectivity index is 0.00000261. The Bertz CT molecular complexity index is 836. The smallest absolute Gasteiger partial charge is 0.256 e. The summed E-state index contributed by atoms with van der Waals surface area (Å²) in [6, 6.07) is 11.2. The summed E-state index contributed by atoms with van der Waals surface area (Å²) >= 11 is 0. The highest BCUT2D eigenvalue weighted by atomic mass is 35.5. The van der Waals surface area contributed by atoms with Crippen LogP contribution >= 0.6 is 12.4 Å². The van der Waals surface area contributed by atoms with Gasteiger partial charge in [-0.15, -0.1) is 12.4 Å². The van der Waals surface area contributed by atoms with Crippen molar-refractivity contribution in [3.05, 3.63) is 65.0 Å². The molecule has 144 valence electrons. The van der Waals surface area contributed by atoms with E-state index in [0.29, 0.717) is 37.2 Å². The average Bonchev–Trinajstić information content (AvgIpc) is 2.64. The minimum absolute atomic E-state index is 0. The number of nitrogens with zero attached hydrogens (tertiary/aromatic N) is 1. The summed E-state index contributed by atoms with van der Waals surface area (Å²) < 4.78 is 13.8. The van der Waals surface area contributed by atoms with Crippen LogP contribution in [0.15, 0.2) is 42.5 Å². The minimum atomic E-state index is -0.509. The summed E-state index contributed by atoms with van der Waals surface area (Å²) in [5.74, 6) is -0.974. The number of carbonyl (C=O) groups is 2. The average molecular weight is 392 g/mol. The van der Waals surface area contributed by atoms with Gasteiger partial charge >= 0.3 is 0 Å². The predicted octanol–water partition coefficient (Wildman–Crippen LogP) is 3.17. The zero-order valence-electron chi connectivity index (χ0n) is 15.1. The second kappa shape index (κ2) is 8.86. The number of carbonyl (C=O) groups excluding carboxylic acids is 2. The number of piperidine rings is 1. The summed E-state index contributed by atoms with van der Waals surface area (Å²) in [7, 11) is 0. The van der Waals surface area contributed by atoms with Crippen LogP contribution in [0.5, 0.6) is 0 Å². The zero-order valence-corrected chi connectivity index (χ0v) is 15.9. The Labute approximate surface area is 164 Å². The molecule has 0 bridgehead atoms. The van der Waals surface area contributed by atoms with Gasteiger partial charge in [0.2, 0.25) is 0 Å². The van der Waals surface area contributed by atoms with Crippen LogP contribution in [0.1, 0.15) is 39.1 Å². The van der Waals surface area contributed by atoms with Gasteiger partial charge in [-0.2, -0.15) is 0 Å². The number of anilines is 1. The van der Waals surface area contributed by atoms with Crippen LogP contribution < -0.4 is 11.1 Å². The number of rotatable bonds is 3. The van der Waals surface area contributed by atoms with E-state index in [-0.39, 0.29) is 35.8 Å². The van der Waals surface area contributed by atoms with Gasteiger partial charge in [-0.3, -0.25) is 9.59 Å². The zero-order chi connectivity index (χ0) is 18.7. The van der Waals surface area contributed by atoms with E-state index in [0.717, 1.165) is 5.56 Å². The SMILES string of the molecule is Cc1ccc(N)cc1C(=O)NC1CCN(C(=O)c2ccccc2F)CC1.Cl. The first-order valence-electron chi connectivity index (χ1n) is 8.66. The number of hydrogen-bond donors (Lipinski definition) is 2. The number of nitrogen functional groups attached to an aromatic ring is 1. The largest absolute Gasteiger partial charge is 0.399 e. The summed E-state index contributed by atoms with van der Waals surface area (Å²) in [5, 5.41) is 3.01. The number of amides is 2. The van der Waals surface area contributed by atoms with Crippen molar-refractivity contribution in [2.75, 3.05) is 18.8 Å². The van der Waals surface area contributed by atoms with Gasteiger partial charge in [-0.25, -0.2) is 4.39 Å². The van der Waals surface area contributed by atoms with E-state index < -0.39 is 5.82 Å². The van der Waals surface area contributed by atoms with Gasteiger partial charge in [-0.1, -0.05) is 18.2 Å². The first kappa shape index (κ1) is 20.7. The predicted molar refractivity (Wildman–Crippen MR) is 106 cm³/mol. The van der Waals surface area contributed by atoms with Gasteiger partial charge in [0.1, 0.15) is 5.82 Å². The van der Waals surface area contributed by atoms with Crippen molar-refractivity contribution < 1.29 is 14.0 Å². The van der Waals surface area contributed by atoms with E-state index in [2.05, 4.69) is 5.32 Å². The van der Waals surface area contributed by atoms with E-state index in [1.807, 2.05) is 13.0 Å². The van der Waals surface area contributed by atoms with Crippen molar-refractivity contribution in [3.8, 4) is 0 Å². The fraction of sp³-hybridized carbons (Fsp3) is 0.300. The molecule has 1 heterocycles. The maximum Gasteiger partial charge on any atom is 0.256 e. The second-order valence-electron chi connectivity index (χ2n) is 6.59. The van der Waals surface area contributed by atoms with Crippen LogP contribution in [0.4, 0.5) is 10.1 Å². The van der Waals surface area contributed by atoms with Gasteiger partial charge in [0.15, 0.2) is 0 Å². The highest BCUT2D eigenvalue weighted by Gasteiger charge is 2.26. The Morgan fingerprint density at radius 3 is 2.44 bits per heavy atom. The lowest BCUT2D eigenvalue weighted by molar-refractivity contribution is 0.0693. The van der Waals surface area contributed by atoms with Crippen LogP contribution in [0, 0.1) is 12.7 Å². The van der Waals surface area contributed by atoms with Crippen LogP contribution in [0.2, 0.25) is 0 Å². The quantitative estimate of drug-likeness (QED) is 0.789. The van der Waals surface area contributed by atoms with Gasteiger partial charge in [-0.05, 0) is 49.6 Å². The molecule has 5 nitrogen and oxygen atoms in total. The van der Waals surface area contributed by atoms with Crippen molar-refractivity contribution in [2.24, 2.45) is 0 Å². The summed E-state index contributed by atoms with van der Waals surface area (Å²) in [6.45, 7) is 2.83. The Morgan fingerprint density at radius 2 is 1.78 bits per heavy atom. The molecule has 2 aromatic carbocycles. The van der Waals surface area contributed by atoms with Crippen LogP contribution in [0.25, 0.3) is 0 Å². The summed E-state index contributed by atoms with van der Waals surface area (Å²) in [4.78, 5) is 26.5. The molecule has 0 atom stereocenters. The highest BCUT2D eigenvalue weighted by Crippen LogP contribution is 2.18. The minimum Gasteiger partial charge on any atom is -0.399 e. The van der Waals surface area contributed by atoms with Crippen molar-refractivity contribution in [3.63, 3.8) is 0 Å². The Morgan fingerprint density at radius 1 is 1.11 bits per heavy atom. The number of halogens is 2. The molecule has 0 spiro atoms. The van der Waals surface area contributed by atoms with Crippen molar-refractivity contribution >= 4 is 29.9 Å². The number of hydrogen-bond acceptors (Lipinski definition) is 3. The van der Waals surface area contributed by atoms with Gasteiger partial charge < -0.3 is 16.0 Å². The Hall–Kier alpha value is -2.60. The number of benzene rings is 2. The van der Waals surface area contributed by atoms with Gasteiger partial charge in [0.05, 0.1) is 5.56 Å². The fourth-order valence-corrected chi connectivity index (χ4v) is 3.18. The molecule has 1 aliphatic heterocycles. The van der Waals surface area contributed by atoms with E-state index in [4.69, 9.17) is 5.73 Å². The second-order valence-corrected chi connectivity index (χ2v) is 6.59. The lowest BCUT2D eigenvalue weighted by atomic mass is 10.0. The number of nitrogens with two attached hydrogens (primary N) is 1. The molecule has 2 aromatic rings. The molecule has 1 saturated heterocycles. The third-order valence-corrected chi connectivity index (χ3v) is 4.73. The van der Waals surface area contributed by atoms with Gasteiger partial charge in [0, 0.05) is 30.4 Å². The maximum absolute atomic E-state index is 13.8. The first-order chi connectivity index (χ1) is 12.5. The molecule has 2 amide bonds. The molecule has 0 aliphatic carbocycles. The first-order valence-corrected chi connectivity index (χ1v) is 8.66. The van der Waals surface area contributed by atoms with Crippen LogP contribution in [-0.4, -0.2) is 35.8 Å². The molecule has 3 rings (SSSR count). The molecule has 1 fully saturated rings. The van der Waals surface area contributed by atoms with E-state index in [9.17, 15) is 14.0 Å². The normalized spacial score (nSPS) is 14.4. The number of likely N-dealkylation sites (tertiary alicyclic amines) is 1. The highest BCUT2D eigenvalue weighted by molar-refractivity contribution is 5.97. The van der Waals surface area contributed by atoms with E-state index >= 15 is 0 Å². The van der Waals surface area contributed by atoms with Crippen molar-refractivity contribution in [1.82, 2.24) is 10.2 Å². The van der Waals surface area contributed by atoms with Gasteiger partial charge in [0.25, 0.3) is 11.8 Å². The number of aryl methyl sites for hydroxylation is 1. The molecule has 0 aromatic heterocycles. The standard InChI is InChI=1S/C20H22FN3O2.ClH/c1-13-6-7-14(22)12-17(13)19(25)23-15-8-10-24(11-9-15)20(26)16-4-2-3-5-18(16)21;/h2-7,12,15H,8-11,22H2,1H3,(H,23,25);1H. The monoisotopic (exact) mass is 391 g/mol. The third-order valence-electron chi connectivity index (χ3n) is 4.73. The van der Waals surface area contributed by atoms with E-state index in [1.165, 1.54) is 12.1 Å². The third kappa shape index (κ3) is 4.77. The van der Waals surface area contributed by atoms with E-state index in [1.54, 1.807) is 29.2 Å². The lowest BCUT2D eigenvalue weighted by Crippen LogP contribution is -2.46. The molecule has 1 aliphatic rings. The molecular formula is C20H23ClFN3O2. The summed E-state index contributed by atoms with van der Waals surface area (Å²) in [6.07, 6.45) is 1.26. The lowest BCUT2D eigenvalue weighted by Gasteiger charge is -2.32. The Kier molecular flexibility index (Phi) is 6.80. The molecule has 3 N–H and O–H groups in total. The molecular weight excluding hydrogens is 369 g/mol. The van der Waals surface area contributed by atoms with Crippen LogP contribution in [-0.2, 0) is 0 Å². The molecule has 0 saturated carbocycles. The van der Waals surface area contributed by atoms with Crippen molar-refractivity contribution in [1.29, 1.82) is 0 Å². The summed E-state index contributed by atoms with van der Waals surface area (Å²) in [5.41, 5.74) is 7.83. The molecule has 0 unspecified atom stereocenters. The fourth-order valence-electron chi connectivity index (χ4n) is 3.18. The molecule has 7 heteroatoms. The topological polar surface area (TPSA) is 75.4 Å².